The molecule has 1 amide bonds. The smallest absolute Gasteiger partial charge is 0.257 e. The SMILES string of the molecule is Cc1nc(C2CCCNC2)ncc1C(=O)N1CCCCC1. The number of rotatable bonds is 2. The Labute approximate surface area is 126 Å². The molecule has 1 aromatic heterocycles. The average molecular weight is 288 g/mol. The van der Waals surface area contributed by atoms with Gasteiger partial charge in [0.05, 0.1) is 11.3 Å². The zero-order valence-corrected chi connectivity index (χ0v) is 12.8. The van der Waals surface area contributed by atoms with Crippen LogP contribution in [-0.4, -0.2) is 47.0 Å². The van der Waals surface area contributed by atoms with Crippen molar-refractivity contribution in [1.29, 1.82) is 0 Å². The molecule has 0 aromatic carbocycles. The van der Waals surface area contributed by atoms with Gasteiger partial charge in [-0.3, -0.25) is 4.79 Å². The van der Waals surface area contributed by atoms with E-state index >= 15 is 0 Å². The van der Waals surface area contributed by atoms with Gasteiger partial charge in [-0.15, -0.1) is 0 Å². The van der Waals surface area contributed by atoms with Crippen molar-refractivity contribution in [3.8, 4) is 0 Å². The summed E-state index contributed by atoms with van der Waals surface area (Å²) in [6.45, 7) is 5.69. The van der Waals surface area contributed by atoms with Gasteiger partial charge in [0.2, 0.25) is 0 Å². The molecule has 1 unspecified atom stereocenters. The molecule has 2 saturated heterocycles. The predicted octanol–water partition coefficient (Wildman–Crippen LogP) is 1.88. The van der Waals surface area contributed by atoms with E-state index in [1.165, 1.54) is 12.8 Å². The van der Waals surface area contributed by atoms with Gasteiger partial charge in [-0.25, -0.2) is 9.97 Å². The van der Waals surface area contributed by atoms with Crippen LogP contribution in [0.4, 0.5) is 0 Å². The van der Waals surface area contributed by atoms with Gasteiger partial charge in [-0.2, -0.15) is 0 Å². The lowest BCUT2D eigenvalue weighted by atomic mass is 9.98. The van der Waals surface area contributed by atoms with E-state index in [9.17, 15) is 4.79 Å². The van der Waals surface area contributed by atoms with Gasteiger partial charge < -0.3 is 10.2 Å². The second-order valence-corrected chi connectivity index (χ2v) is 6.12. The van der Waals surface area contributed by atoms with Gasteiger partial charge in [0, 0.05) is 31.7 Å². The molecular formula is C16H24N4O. The van der Waals surface area contributed by atoms with E-state index in [4.69, 9.17) is 0 Å². The molecule has 3 rings (SSSR count). The normalized spacial score (nSPS) is 23.1. The molecule has 0 spiro atoms. The standard InChI is InChI=1S/C16H24N4O/c1-12-14(16(21)20-8-3-2-4-9-20)11-18-15(19-12)13-6-5-7-17-10-13/h11,13,17H,2-10H2,1H3. The third-order valence-electron chi connectivity index (χ3n) is 4.53. The number of amides is 1. The Morgan fingerprint density at radius 2 is 2.10 bits per heavy atom. The highest BCUT2D eigenvalue weighted by molar-refractivity contribution is 5.95. The minimum absolute atomic E-state index is 0.0977. The first kappa shape index (κ1) is 14.4. The largest absolute Gasteiger partial charge is 0.339 e. The number of aryl methyl sites for hydroxylation is 1. The molecule has 5 nitrogen and oxygen atoms in total. The molecule has 2 fully saturated rings. The number of hydrogen-bond donors (Lipinski definition) is 1. The molecule has 5 heteroatoms. The molecule has 1 aromatic rings. The molecule has 0 aliphatic carbocycles. The third kappa shape index (κ3) is 3.23. The Balaban J connectivity index is 1.75. The van der Waals surface area contributed by atoms with Crippen LogP contribution in [0.1, 0.15) is 59.9 Å². The van der Waals surface area contributed by atoms with Crippen LogP contribution >= 0.6 is 0 Å². The van der Waals surface area contributed by atoms with Crippen molar-refractivity contribution in [2.24, 2.45) is 0 Å². The van der Waals surface area contributed by atoms with E-state index in [-0.39, 0.29) is 5.91 Å². The molecule has 0 radical (unpaired) electrons. The van der Waals surface area contributed by atoms with Crippen LogP contribution in [-0.2, 0) is 0 Å². The highest BCUT2D eigenvalue weighted by Crippen LogP contribution is 2.21. The maximum absolute atomic E-state index is 12.5. The number of piperidine rings is 2. The number of hydrogen-bond acceptors (Lipinski definition) is 4. The molecule has 1 atom stereocenters. The summed E-state index contributed by atoms with van der Waals surface area (Å²) < 4.78 is 0. The molecule has 21 heavy (non-hydrogen) atoms. The lowest BCUT2D eigenvalue weighted by Gasteiger charge is -2.27. The van der Waals surface area contributed by atoms with Gasteiger partial charge in [-0.05, 0) is 45.6 Å². The summed E-state index contributed by atoms with van der Waals surface area (Å²) in [7, 11) is 0. The van der Waals surface area contributed by atoms with Crippen LogP contribution in [0.5, 0.6) is 0 Å². The van der Waals surface area contributed by atoms with E-state index in [0.29, 0.717) is 11.5 Å². The number of nitrogens with one attached hydrogen (secondary N) is 1. The first-order valence-electron chi connectivity index (χ1n) is 8.09. The Bertz CT molecular complexity index is 505. The summed E-state index contributed by atoms with van der Waals surface area (Å²) in [6.07, 6.45) is 7.48. The number of nitrogens with zero attached hydrogens (tertiary/aromatic N) is 3. The van der Waals surface area contributed by atoms with Gasteiger partial charge >= 0.3 is 0 Å². The first-order chi connectivity index (χ1) is 10.3. The summed E-state index contributed by atoms with van der Waals surface area (Å²) in [4.78, 5) is 23.6. The Hall–Kier alpha value is -1.49. The molecule has 2 aliphatic rings. The molecule has 0 bridgehead atoms. The van der Waals surface area contributed by atoms with E-state index < -0.39 is 0 Å². The van der Waals surface area contributed by atoms with Gasteiger partial charge in [0.25, 0.3) is 5.91 Å². The summed E-state index contributed by atoms with van der Waals surface area (Å²) in [6, 6.07) is 0. The van der Waals surface area contributed by atoms with Crippen molar-refractivity contribution in [3.63, 3.8) is 0 Å². The fraction of sp³-hybridized carbons (Fsp3) is 0.688. The number of carbonyl (C=O) groups is 1. The summed E-state index contributed by atoms with van der Waals surface area (Å²) in [5.74, 6) is 1.37. The molecule has 2 aliphatic heterocycles. The quantitative estimate of drug-likeness (QED) is 0.902. The van der Waals surface area contributed by atoms with Crippen molar-refractivity contribution in [2.45, 2.75) is 44.9 Å². The molecule has 0 saturated carbocycles. The first-order valence-corrected chi connectivity index (χ1v) is 8.09. The minimum Gasteiger partial charge on any atom is -0.339 e. The fourth-order valence-corrected chi connectivity index (χ4v) is 3.23. The molecule has 3 heterocycles. The summed E-state index contributed by atoms with van der Waals surface area (Å²) >= 11 is 0. The average Bonchev–Trinajstić information content (AvgIpc) is 2.56. The van der Waals surface area contributed by atoms with Gasteiger partial charge in [0.1, 0.15) is 5.82 Å². The summed E-state index contributed by atoms with van der Waals surface area (Å²) in [5.41, 5.74) is 1.49. The third-order valence-corrected chi connectivity index (χ3v) is 4.53. The maximum atomic E-state index is 12.5. The van der Waals surface area contributed by atoms with E-state index in [1.807, 2.05) is 11.8 Å². The van der Waals surface area contributed by atoms with Gasteiger partial charge in [0.15, 0.2) is 0 Å². The van der Waals surface area contributed by atoms with E-state index in [0.717, 1.165) is 57.0 Å². The number of aromatic nitrogens is 2. The van der Waals surface area contributed by atoms with Crippen LogP contribution in [0.15, 0.2) is 6.20 Å². The van der Waals surface area contributed by atoms with Crippen LogP contribution in [0.2, 0.25) is 0 Å². The highest BCUT2D eigenvalue weighted by atomic mass is 16.2. The Morgan fingerprint density at radius 3 is 2.76 bits per heavy atom. The maximum Gasteiger partial charge on any atom is 0.257 e. The Kier molecular flexibility index (Phi) is 4.48. The van der Waals surface area contributed by atoms with Crippen LogP contribution in [0.25, 0.3) is 0 Å². The van der Waals surface area contributed by atoms with Crippen molar-refractivity contribution in [2.75, 3.05) is 26.2 Å². The topological polar surface area (TPSA) is 58.1 Å². The van der Waals surface area contributed by atoms with Crippen LogP contribution in [0.3, 0.4) is 0 Å². The predicted molar refractivity (Wildman–Crippen MR) is 81.4 cm³/mol. The zero-order chi connectivity index (χ0) is 14.7. The fourth-order valence-electron chi connectivity index (χ4n) is 3.23. The van der Waals surface area contributed by atoms with Crippen molar-refractivity contribution in [3.05, 3.63) is 23.3 Å². The van der Waals surface area contributed by atoms with Crippen LogP contribution in [0, 0.1) is 6.92 Å². The highest BCUT2D eigenvalue weighted by Gasteiger charge is 2.23. The van der Waals surface area contributed by atoms with Gasteiger partial charge in [-0.1, -0.05) is 0 Å². The Morgan fingerprint density at radius 1 is 1.29 bits per heavy atom. The van der Waals surface area contributed by atoms with Crippen molar-refractivity contribution < 1.29 is 4.79 Å². The minimum atomic E-state index is 0.0977. The molecule has 114 valence electrons. The van der Waals surface area contributed by atoms with E-state index in [1.54, 1.807) is 6.20 Å². The second-order valence-electron chi connectivity index (χ2n) is 6.12. The monoisotopic (exact) mass is 288 g/mol. The molecule has 1 N–H and O–H groups in total. The second kappa shape index (κ2) is 6.52. The van der Waals surface area contributed by atoms with E-state index in [2.05, 4.69) is 15.3 Å². The lowest BCUT2D eigenvalue weighted by molar-refractivity contribution is 0.0722. The molecular weight excluding hydrogens is 264 g/mol. The summed E-state index contributed by atoms with van der Waals surface area (Å²) in [5, 5.41) is 3.39. The van der Waals surface area contributed by atoms with Crippen molar-refractivity contribution in [1.82, 2.24) is 20.2 Å². The van der Waals surface area contributed by atoms with Crippen LogP contribution < -0.4 is 5.32 Å². The number of likely N-dealkylation sites (tertiary alicyclic amines) is 1. The zero-order valence-electron chi connectivity index (χ0n) is 12.8. The number of carbonyl (C=O) groups excluding carboxylic acids is 1. The lowest BCUT2D eigenvalue weighted by Crippen LogP contribution is -2.36. The van der Waals surface area contributed by atoms with Crippen molar-refractivity contribution >= 4 is 5.91 Å².